The maximum Gasteiger partial charge on any atom is 0.0949 e. The Kier molecular flexibility index (Phi) is 3.66. The van der Waals surface area contributed by atoms with E-state index in [2.05, 4.69) is 29.6 Å². The molecule has 2 saturated heterocycles. The van der Waals surface area contributed by atoms with Crippen LogP contribution in [0.2, 0.25) is 0 Å². The molecule has 1 aromatic carbocycles. The van der Waals surface area contributed by atoms with Crippen molar-refractivity contribution in [1.29, 1.82) is 0 Å². The van der Waals surface area contributed by atoms with E-state index >= 15 is 0 Å². The average Bonchev–Trinajstić information content (AvgIpc) is 2.36. The fourth-order valence-corrected chi connectivity index (χ4v) is 3.02. The van der Waals surface area contributed by atoms with Crippen LogP contribution in [0.25, 0.3) is 0 Å². The van der Waals surface area contributed by atoms with Crippen molar-refractivity contribution in [3.05, 3.63) is 29.8 Å². The highest BCUT2D eigenvalue weighted by Crippen LogP contribution is 2.29. The van der Waals surface area contributed by atoms with Crippen molar-refractivity contribution in [2.75, 3.05) is 32.9 Å². The standard InChI is InChI=1S/C13H17NO2S/c1-3-11(17-12-8-15-9-12)4-2-10(1)13-7-14-5-6-16-13/h1-4,12-14H,5-9H2. The lowest BCUT2D eigenvalue weighted by Crippen LogP contribution is -2.33. The second kappa shape index (κ2) is 5.40. The molecule has 0 aliphatic carbocycles. The average molecular weight is 251 g/mol. The third-order valence-corrected chi connectivity index (χ3v) is 4.24. The van der Waals surface area contributed by atoms with Gasteiger partial charge < -0.3 is 14.8 Å². The van der Waals surface area contributed by atoms with Gasteiger partial charge in [0, 0.05) is 18.0 Å². The minimum atomic E-state index is 0.217. The minimum Gasteiger partial charge on any atom is -0.379 e. The summed E-state index contributed by atoms with van der Waals surface area (Å²) < 4.78 is 10.9. The van der Waals surface area contributed by atoms with Crippen LogP contribution in [0, 0.1) is 0 Å². The highest BCUT2D eigenvalue weighted by Gasteiger charge is 2.20. The molecule has 1 aromatic rings. The summed E-state index contributed by atoms with van der Waals surface area (Å²) in [6, 6.07) is 8.74. The molecule has 17 heavy (non-hydrogen) atoms. The van der Waals surface area contributed by atoms with Crippen molar-refractivity contribution in [3.63, 3.8) is 0 Å². The zero-order chi connectivity index (χ0) is 11.5. The monoisotopic (exact) mass is 251 g/mol. The molecule has 92 valence electrons. The van der Waals surface area contributed by atoms with Gasteiger partial charge in [0.25, 0.3) is 0 Å². The summed E-state index contributed by atoms with van der Waals surface area (Å²) in [4.78, 5) is 1.32. The summed E-state index contributed by atoms with van der Waals surface area (Å²) in [6.07, 6.45) is 0.217. The van der Waals surface area contributed by atoms with Crippen molar-refractivity contribution in [3.8, 4) is 0 Å². The highest BCUT2D eigenvalue weighted by molar-refractivity contribution is 8.00. The number of hydrogen-bond donors (Lipinski definition) is 1. The third-order valence-electron chi connectivity index (χ3n) is 3.09. The van der Waals surface area contributed by atoms with Gasteiger partial charge in [-0.15, -0.1) is 11.8 Å². The summed E-state index contributed by atoms with van der Waals surface area (Å²) in [7, 11) is 0. The maximum absolute atomic E-state index is 5.73. The number of rotatable bonds is 3. The molecular formula is C13H17NO2S. The van der Waals surface area contributed by atoms with E-state index < -0.39 is 0 Å². The molecule has 0 amide bonds. The second-order valence-corrected chi connectivity index (χ2v) is 5.78. The first-order valence-electron chi connectivity index (χ1n) is 6.08. The normalized spacial score (nSPS) is 25.5. The second-order valence-electron chi connectivity index (χ2n) is 4.41. The summed E-state index contributed by atoms with van der Waals surface area (Å²) in [6.45, 7) is 4.47. The van der Waals surface area contributed by atoms with Crippen LogP contribution in [0.15, 0.2) is 29.2 Å². The Morgan fingerprint density at radius 1 is 1.18 bits per heavy atom. The number of benzene rings is 1. The van der Waals surface area contributed by atoms with E-state index in [1.807, 2.05) is 11.8 Å². The Morgan fingerprint density at radius 3 is 2.59 bits per heavy atom. The number of ether oxygens (including phenoxy) is 2. The van der Waals surface area contributed by atoms with E-state index in [0.717, 1.165) is 32.9 Å². The molecule has 4 heteroatoms. The van der Waals surface area contributed by atoms with Crippen LogP contribution in [0.3, 0.4) is 0 Å². The van der Waals surface area contributed by atoms with Crippen LogP contribution < -0.4 is 5.32 Å². The predicted molar refractivity (Wildman–Crippen MR) is 68.5 cm³/mol. The van der Waals surface area contributed by atoms with Crippen molar-refractivity contribution in [2.45, 2.75) is 16.2 Å². The van der Waals surface area contributed by atoms with E-state index in [1.54, 1.807) is 0 Å². The van der Waals surface area contributed by atoms with Crippen molar-refractivity contribution in [1.82, 2.24) is 5.32 Å². The molecule has 1 unspecified atom stereocenters. The molecule has 0 radical (unpaired) electrons. The van der Waals surface area contributed by atoms with Gasteiger partial charge in [0.15, 0.2) is 0 Å². The van der Waals surface area contributed by atoms with E-state index in [-0.39, 0.29) is 6.10 Å². The predicted octanol–water partition coefficient (Wildman–Crippen LogP) is 1.84. The van der Waals surface area contributed by atoms with Gasteiger partial charge in [0.05, 0.1) is 31.2 Å². The van der Waals surface area contributed by atoms with Gasteiger partial charge in [-0.25, -0.2) is 0 Å². The minimum absolute atomic E-state index is 0.217. The van der Waals surface area contributed by atoms with Gasteiger partial charge in [-0.2, -0.15) is 0 Å². The Hall–Kier alpha value is -0.550. The fourth-order valence-electron chi connectivity index (χ4n) is 2.02. The zero-order valence-electron chi connectivity index (χ0n) is 9.72. The number of nitrogens with one attached hydrogen (secondary N) is 1. The van der Waals surface area contributed by atoms with E-state index in [1.165, 1.54) is 10.5 Å². The first kappa shape index (κ1) is 11.5. The third kappa shape index (κ3) is 2.83. The van der Waals surface area contributed by atoms with Gasteiger partial charge in [-0.3, -0.25) is 0 Å². The smallest absolute Gasteiger partial charge is 0.0949 e. The van der Waals surface area contributed by atoms with Crippen LogP contribution in [-0.2, 0) is 9.47 Å². The molecule has 0 spiro atoms. The first-order chi connectivity index (χ1) is 8.42. The Labute approximate surface area is 106 Å². The molecule has 3 rings (SSSR count). The molecule has 1 atom stereocenters. The molecule has 0 bridgehead atoms. The Bertz CT molecular complexity index is 358. The lowest BCUT2D eigenvalue weighted by molar-refractivity contribution is 0.0276. The van der Waals surface area contributed by atoms with Crippen molar-refractivity contribution in [2.24, 2.45) is 0 Å². The molecule has 2 aliphatic heterocycles. The van der Waals surface area contributed by atoms with Gasteiger partial charge in [-0.05, 0) is 17.7 Å². The van der Waals surface area contributed by atoms with Crippen molar-refractivity contribution < 1.29 is 9.47 Å². The molecule has 2 fully saturated rings. The summed E-state index contributed by atoms with van der Waals surface area (Å²) in [5, 5.41) is 4.00. The van der Waals surface area contributed by atoms with E-state index in [0.29, 0.717) is 5.25 Å². The Morgan fingerprint density at radius 2 is 2.00 bits per heavy atom. The van der Waals surface area contributed by atoms with Gasteiger partial charge >= 0.3 is 0 Å². The highest BCUT2D eigenvalue weighted by atomic mass is 32.2. The lowest BCUT2D eigenvalue weighted by Gasteiger charge is -2.26. The molecule has 3 nitrogen and oxygen atoms in total. The Balaban J connectivity index is 1.62. The number of thioether (sulfide) groups is 1. The lowest BCUT2D eigenvalue weighted by atomic mass is 10.1. The van der Waals surface area contributed by atoms with Crippen LogP contribution in [-0.4, -0.2) is 38.2 Å². The van der Waals surface area contributed by atoms with Crippen LogP contribution in [0.1, 0.15) is 11.7 Å². The van der Waals surface area contributed by atoms with Crippen molar-refractivity contribution >= 4 is 11.8 Å². The van der Waals surface area contributed by atoms with Crippen LogP contribution >= 0.6 is 11.8 Å². The quantitative estimate of drug-likeness (QED) is 0.888. The maximum atomic E-state index is 5.73. The van der Waals surface area contributed by atoms with Gasteiger partial charge in [0.1, 0.15) is 0 Å². The molecule has 2 aliphatic rings. The van der Waals surface area contributed by atoms with E-state index in [9.17, 15) is 0 Å². The van der Waals surface area contributed by atoms with Crippen LogP contribution in [0.4, 0.5) is 0 Å². The topological polar surface area (TPSA) is 30.5 Å². The summed E-state index contributed by atoms with van der Waals surface area (Å²) in [5.74, 6) is 0. The first-order valence-corrected chi connectivity index (χ1v) is 6.96. The molecule has 1 N–H and O–H groups in total. The van der Waals surface area contributed by atoms with Gasteiger partial charge in [0.2, 0.25) is 0 Å². The number of morpholine rings is 1. The SMILES string of the molecule is c1cc(C2CNCCO2)ccc1SC1COC1. The van der Waals surface area contributed by atoms with Crippen LogP contribution in [0.5, 0.6) is 0 Å². The fraction of sp³-hybridized carbons (Fsp3) is 0.538. The number of hydrogen-bond acceptors (Lipinski definition) is 4. The van der Waals surface area contributed by atoms with E-state index in [4.69, 9.17) is 9.47 Å². The molecule has 0 saturated carbocycles. The molecule has 2 heterocycles. The van der Waals surface area contributed by atoms with Gasteiger partial charge in [-0.1, -0.05) is 12.1 Å². The zero-order valence-corrected chi connectivity index (χ0v) is 10.5. The summed E-state index contributed by atoms with van der Waals surface area (Å²) >= 11 is 1.90. The molecular weight excluding hydrogens is 234 g/mol. The summed E-state index contributed by atoms with van der Waals surface area (Å²) in [5.41, 5.74) is 1.27. The molecule has 0 aromatic heterocycles. The largest absolute Gasteiger partial charge is 0.379 e.